The van der Waals surface area contributed by atoms with Gasteiger partial charge >= 0.3 is 0 Å². The van der Waals surface area contributed by atoms with Crippen LogP contribution in [0.3, 0.4) is 0 Å². The van der Waals surface area contributed by atoms with E-state index in [0.717, 1.165) is 5.56 Å². The van der Waals surface area contributed by atoms with Gasteiger partial charge in [0.1, 0.15) is 0 Å². The van der Waals surface area contributed by atoms with Crippen LogP contribution in [0, 0.1) is 12.8 Å². The summed E-state index contributed by atoms with van der Waals surface area (Å²) in [6.07, 6.45) is 0. The van der Waals surface area contributed by atoms with Gasteiger partial charge in [-0.3, -0.25) is 0 Å². The van der Waals surface area contributed by atoms with Gasteiger partial charge in [-0.15, -0.1) is 0 Å². The van der Waals surface area contributed by atoms with Crippen molar-refractivity contribution in [3.8, 4) is 0 Å². The zero-order valence-corrected chi connectivity index (χ0v) is 11.2. The molecular formula is C17H20O2. The topological polar surface area (TPSA) is 40.5 Å². The van der Waals surface area contributed by atoms with E-state index < -0.39 is 0 Å². The van der Waals surface area contributed by atoms with Crippen molar-refractivity contribution < 1.29 is 10.2 Å². The second kappa shape index (κ2) is 6.50. The van der Waals surface area contributed by atoms with E-state index in [2.05, 4.69) is 31.2 Å². The number of aliphatic hydroxyl groups is 2. The molecule has 0 aromatic heterocycles. The summed E-state index contributed by atoms with van der Waals surface area (Å²) in [6, 6.07) is 18.2. The van der Waals surface area contributed by atoms with Gasteiger partial charge in [-0.25, -0.2) is 0 Å². The van der Waals surface area contributed by atoms with Crippen LogP contribution in [0.5, 0.6) is 0 Å². The van der Waals surface area contributed by atoms with E-state index in [1.54, 1.807) is 0 Å². The highest BCUT2D eigenvalue weighted by atomic mass is 16.3. The van der Waals surface area contributed by atoms with E-state index in [1.165, 1.54) is 11.1 Å². The van der Waals surface area contributed by atoms with Gasteiger partial charge in [0.15, 0.2) is 0 Å². The van der Waals surface area contributed by atoms with Crippen LogP contribution in [-0.2, 0) is 0 Å². The summed E-state index contributed by atoms with van der Waals surface area (Å²) in [6.45, 7) is 2.02. The number of hydrogen-bond donors (Lipinski definition) is 2. The second-order valence-electron chi connectivity index (χ2n) is 4.87. The Bertz CT molecular complexity index is 504. The van der Waals surface area contributed by atoms with Crippen LogP contribution in [0.15, 0.2) is 54.6 Å². The largest absolute Gasteiger partial charge is 0.396 e. The number of aryl methyl sites for hydroxylation is 1. The Morgan fingerprint density at radius 3 is 2.00 bits per heavy atom. The van der Waals surface area contributed by atoms with Crippen LogP contribution in [0.25, 0.3) is 0 Å². The molecule has 100 valence electrons. The molecule has 0 saturated carbocycles. The predicted molar refractivity (Wildman–Crippen MR) is 77.1 cm³/mol. The summed E-state index contributed by atoms with van der Waals surface area (Å²) in [5.41, 5.74) is 3.48. The van der Waals surface area contributed by atoms with Gasteiger partial charge in [0, 0.05) is 25.0 Å². The summed E-state index contributed by atoms with van der Waals surface area (Å²) in [4.78, 5) is 0. The Hall–Kier alpha value is -1.64. The quantitative estimate of drug-likeness (QED) is 0.863. The van der Waals surface area contributed by atoms with Gasteiger partial charge in [0.2, 0.25) is 0 Å². The zero-order chi connectivity index (χ0) is 13.7. The van der Waals surface area contributed by atoms with E-state index >= 15 is 0 Å². The molecule has 2 rings (SSSR count). The first-order chi connectivity index (χ1) is 9.27. The number of aliphatic hydroxyl groups excluding tert-OH is 2. The molecule has 2 heteroatoms. The zero-order valence-electron chi connectivity index (χ0n) is 11.2. The third-order valence-electron chi connectivity index (χ3n) is 3.62. The lowest BCUT2D eigenvalue weighted by Gasteiger charge is -2.26. The minimum atomic E-state index is -0.177. The van der Waals surface area contributed by atoms with Crippen molar-refractivity contribution in [3.05, 3.63) is 71.3 Å². The van der Waals surface area contributed by atoms with Crippen LogP contribution >= 0.6 is 0 Å². The lowest BCUT2D eigenvalue weighted by Crippen LogP contribution is -2.22. The van der Waals surface area contributed by atoms with Gasteiger partial charge in [-0.2, -0.15) is 0 Å². The van der Waals surface area contributed by atoms with Crippen molar-refractivity contribution in [2.75, 3.05) is 13.2 Å². The highest BCUT2D eigenvalue weighted by molar-refractivity contribution is 5.38. The summed E-state index contributed by atoms with van der Waals surface area (Å²) in [5.74, 6) is -0.152. The third-order valence-corrected chi connectivity index (χ3v) is 3.62. The number of benzene rings is 2. The summed E-state index contributed by atoms with van der Waals surface area (Å²) < 4.78 is 0. The SMILES string of the molecule is Cc1ccccc1[C@H](c1ccccc1)C(CO)CO. The minimum absolute atomic E-state index is 0.0234. The smallest absolute Gasteiger partial charge is 0.0490 e. The van der Waals surface area contributed by atoms with Crippen LogP contribution in [-0.4, -0.2) is 23.4 Å². The minimum Gasteiger partial charge on any atom is -0.396 e. The van der Waals surface area contributed by atoms with Crippen LogP contribution in [0.1, 0.15) is 22.6 Å². The molecule has 19 heavy (non-hydrogen) atoms. The standard InChI is InChI=1S/C17H20O2/c1-13-7-5-6-10-16(13)17(15(11-18)12-19)14-8-3-2-4-9-14/h2-10,15,17-19H,11-12H2,1H3/t17-/m1/s1. The van der Waals surface area contributed by atoms with E-state index in [-0.39, 0.29) is 25.0 Å². The second-order valence-corrected chi connectivity index (χ2v) is 4.87. The van der Waals surface area contributed by atoms with Crippen LogP contribution in [0.2, 0.25) is 0 Å². The molecule has 1 atom stereocenters. The van der Waals surface area contributed by atoms with Crippen molar-refractivity contribution in [1.82, 2.24) is 0 Å². The van der Waals surface area contributed by atoms with Gasteiger partial charge < -0.3 is 10.2 Å². The lowest BCUT2D eigenvalue weighted by atomic mass is 9.80. The Morgan fingerprint density at radius 2 is 1.42 bits per heavy atom. The predicted octanol–water partition coefficient (Wildman–Crippen LogP) is 2.73. The molecule has 2 aromatic rings. The molecule has 2 aromatic carbocycles. The molecule has 0 saturated heterocycles. The lowest BCUT2D eigenvalue weighted by molar-refractivity contribution is 0.138. The van der Waals surface area contributed by atoms with Gasteiger partial charge in [0.25, 0.3) is 0 Å². The highest BCUT2D eigenvalue weighted by Gasteiger charge is 2.24. The molecule has 0 fully saturated rings. The molecule has 0 aliphatic carbocycles. The molecule has 2 nitrogen and oxygen atoms in total. The van der Waals surface area contributed by atoms with Gasteiger partial charge in [-0.1, -0.05) is 54.6 Å². The van der Waals surface area contributed by atoms with E-state index in [4.69, 9.17) is 0 Å². The maximum Gasteiger partial charge on any atom is 0.0490 e. The molecule has 0 heterocycles. The summed E-state index contributed by atoms with van der Waals surface area (Å²) in [5, 5.41) is 19.1. The molecule has 2 N–H and O–H groups in total. The Kier molecular flexibility index (Phi) is 4.72. The fourth-order valence-corrected chi connectivity index (χ4v) is 2.57. The van der Waals surface area contributed by atoms with E-state index in [1.807, 2.05) is 30.3 Å². The number of hydrogen-bond acceptors (Lipinski definition) is 2. The van der Waals surface area contributed by atoms with Crippen LogP contribution in [0.4, 0.5) is 0 Å². The molecule has 0 aliphatic heterocycles. The molecule has 0 amide bonds. The molecule has 0 bridgehead atoms. The Labute approximate surface area is 114 Å². The van der Waals surface area contributed by atoms with E-state index in [9.17, 15) is 10.2 Å². The first-order valence-corrected chi connectivity index (χ1v) is 6.60. The maximum atomic E-state index is 9.55. The summed E-state index contributed by atoms with van der Waals surface area (Å²) in [7, 11) is 0. The molecule has 0 unspecified atom stereocenters. The highest BCUT2D eigenvalue weighted by Crippen LogP contribution is 2.33. The van der Waals surface area contributed by atoms with Crippen molar-refractivity contribution in [2.24, 2.45) is 5.92 Å². The fraction of sp³-hybridized carbons (Fsp3) is 0.294. The molecule has 0 aliphatic rings. The average molecular weight is 256 g/mol. The van der Waals surface area contributed by atoms with Gasteiger partial charge in [-0.05, 0) is 23.6 Å². The number of rotatable bonds is 5. The van der Waals surface area contributed by atoms with Crippen molar-refractivity contribution >= 4 is 0 Å². The average Bonchev–Trinajstić information content (AvgIpc) is 2.47. The Balaban J connectivity index is 2.49. The van der Waals surface area contributed by atoms with Crippen molar-refractivity contribution in [2.45, 2.75) is 12.8 Å². The van der Waals surface area contributed by atoms with Gasteiger partial charge in [0.05, 0.1) is 0 Å². The monoisotopic (exact) mass is 256 g/mol. The summed E-state index contributed by atoms with van der Waals surface area (Å²) >= 11 is 0. The van der Waals surface area contributed by atoms with Crippen molar-refractivity contribution in [3.63, 3.8) is 0 Å². The van der Waals surface area contributed by atoms with Crippen LogP contribution < -0.4 is 0 Å². The molecule has 0 radical (unpaired) electrons. The van der Waals surface area contributed by atoms with E-state index in [0.29, 0.717) is 0 Å². The molecule has 0 spiro atoms. The third kappa shape index (κ3) is 3.03. The normalized spacial score (nSPS) is 12.6. The first kappa shape index (κ1) is 13.8. The fourth-order valence-electron chi connectivity index (χ4n) is 2.57. The first-order valence-electron chi connectivity index (χ1n) is 6.60. The van der Waals surface area contributed by atoms with Crippen molar-refractivity contribution in [1.29, 1.82) is 0 Å². The molecular weight excluding hydrogens is 236 g/mol. The maximum absolute atomic E-state index is 9.55. The Morgan fingerprint density at radius 1 is 0.842 bits per heavy atom.